The van der Waals surface area contributed by atoms with E-state index in [2.05, 4.69) is 10.3 Å². The van der Waals surface area contributed by atoms with Gasteiger partial charge in [-0.1, -0.05) is 53.2 Å². The molecule has 3 rings (SSSR count). The number of benzene rings is 2. The molecular formula is C19H20N4O. The van der Waals surface area contributed by atoms with Gasteiger partial charge in [0.2, 0.25) is 0 Å². The van der Waals surface area contributed by atoms with Gasteiger partial charge in [0.05, 0.1) is 11.9 Å². The summed E-state index contributed by atoms with van der Waals surface area (Å²) in [6.45, 7) is 5.17. The van der Waals surface area contributed by atoms with Crippen LogP contribution in [0, 0.1) is 6.92 Å². The van der Waals surface area contributed by atoms with Crippen LogP contribution in [0.2, 0.25) is 0 Å². The minimum absolute atomic E-state index is 0.111. The van der Waals surface area contributed by atoms with E-state index in [0.717, 1.165) is 11.3 Å². The van der Waals surface area contributed by atoms with E-state index in [4.69, 9.17) is 0 Å². The van der Waals surface area contributed by atoms with Gasteiger partial charge in [0, 0.05) is 13.1 Å². The first-order valence-electron chi connectivity index (χ1n) is 8.00. The van der Waals surface area contributed by atoms with Crippen LogP contribution in [0.5, 0.6) is 0 Å². The quantitative estimate of drug-likeness (QED) is 0.725. The zero-order valence-electron chi connectivity index (χ0n) is 13.9. The number of carbonyl (C=O) groups is 1. The molecule has 122 valence electrons. The molecule has 0 saturated heterocycles. The highest BCUT2D eigenvalue weighted by atomic mass is 16.2. The number of hydrogen-bond donors (Lipinski definition) is 0. The molecule has 1 heterocycles. The van der Waals surface area contributed by atoms with Gasteiger partial charge in [0.25, 0.3) is 5.91 Å². The number of rotatable bonds is 5. The van der Waals surface area contributed by atoms with Crippen molar-refractivity contribution in [2.45, 2.75) is 20.4 Å². The Kier molecular flexibility index (Phi) is 4.70. The zero-order chi connectivity index (χ0) is 16.9. The first kappa shape index (κ1) is 15.9. The highest BCUT2D eigenvalue weighted by Crippen LogP contribution is 2.11. The summed E-state index contributed by atoms with van der Waals surface area (Å²) in [4.78, 5) is 14.5. The summed E-state index contributed by atoms with van der Waals surface area (Å²) >= 11 is 0. The molecule has 0 aliphatic heterocycles. The number of aromatic nitrogens is 3. The second-order valence-electron chi connectivity index (χ2n) is 5.69. The minimum Gasteiger partial charge on any atom is -0.333 e. The summed E-state index contributed by atoms with van der Waals surface area (Å²) in [6, 6.07) is 17.9. The van der Waals surface area contributed by atoms with Crippen molar-refractivity contribution in [3.05, 3.63) is 77.6 Å². The smallest absolute Gasteiger partial charge is 0.276 e. The van der Waals surface area contributed by atoms with Gasteiger partial charge in [-0.25, -0.2) is 4.68 Å². The van der Waals surface area contributed by atoms with Crippen LogP contribution in [0.4, 0.5) is 0 Å². The van der Waals surface area contributed by atoms with Crippen molar-refractivity contribution >= 4 is 5.91 Å². The van der Waals surface area contributed by atoms with Gasteiger partial charge in [0.15, 0.2) is 5.69 Å². The Balaban J connectivity index is 1.77. The Hall–Kier alpha value is -2.95. The average molecular weight is 320 g/mol. The predicted octanol–water partition coefficient (Wildman–Crippen LogP) is 3.24. The molecule has 0 aliphatic rings. The standard InChI is InChI=1S/C19H20N4O/c1-3-22(13-16-7-5-4-6-8-16)19(24)18-14-23(21-20-18)17-11-9-15(2)10-12-17/h4-12,14H,3,13H2,1-2H3. The minimum atomic E-state index is -0.111. The molecule has 0 saturated carbocycles. The van der Waals surface area contributed by atoms with E-state index in [1.807, 2.05) is 68.4 Å². The van der Waals surface area contributed by atoms with Crippen LogP contribution in [0.15, 0.2) is 60.8 Å². The molecule has 5 nitrogen and oxygen atoms in total. The largest absolute Gasteiger partial charge is 0.333 e. The molecule has 24 heavy (non-hydrogen) atoms. The second kappa shape index (κ2) is 7.08. The van der Waals surface area contributed by atoms with Crippen LogP contribution in [-0.2, 0) is 6.54 Å². The summed E-state index contributed by atoms with van der Waals surface area (Å²) < 4.78 is 1.63. The van der Waals surface area contributed by atoms with Gasteiger partial charge in [-0.15, -0.1) is 5.10 Å². The topological polar surface area (TPSA) is 51.0 Å². The molecule has 0 bridgehead atoms. The van der Waals surface area contributed by atoms with Crippen molar-refractivity contribution in [2.24, 2.45) is 0 Å². The highest BCUT2D eigenvalue weighted by Gasteiger charge is 2.18. The van der Waals surface area contributed by atoms with Crippen LogP contribution >= 0.6 is 0 Å². The molecule has 0 unspecified atom stereocenters. The van der Waals surface area contributed by atoms with Crippen LogP contribution < -0.4 is 0 Å². The van der Waals surface area contributed by atoms with Gasteiger partial charge in [-0.05, 0) is 31.5 Å². The van der Waals surface area contributed by atoms with Crippen molar-refractivity contribution in [2.75, 3.05) is 6.54 Å². The first-order valence-corrected chi connectivity index (χ1v) is 8.00. The lowest BCUT2D eigenvalue weighted by molar-refractivity contribution is 0.0746. The Labute approximate surface area is 141 Å². The van der Waals surface area contributed by atoms with Gasteiger partial charge in [-0.2, -0.15) is 0 Å². The summed E-state index contributed by atoms with van der Waals surface area (Å²) in [6.07, 6.45) is 1.68. The normalized spacial score (nSPS) is 10.6. The van der Waals surface area contributed by atoms with Crippen LogP contribution in [-0.4, -0.2) is 32.3 Å². The third-order valence-electron chi connectivity index (χ3n) is 3.90. The van der Waals surface area contributed by atoms with E-state index in [-0.39, 0.29) is 5.91 Å². The van der Waals surface area contributed by atoms with Crippen molar-refractivity contribution in [3.8, 4) is 5.69 Å². The lowest BCUT2D eigenvalue weighted by atomic mass is 10.2. The van der Waals surface area contributed by atoms with Gasteiger partial charge in [-0.3, -0.25) is 4.79 Å². The lowest BCUT2D eigenvalue weighted by Crippen LogP contribution is -2.30. The Morgan fingerprint density at radius 3 is 2.46 bits per heavy atom. The van der Waals surface area contributed by atoms with Crippen molar-refractivity contribution in [1.29, 1.82) is 0 Å². The van der Waals surface area contributed by atoms with Crippen LogP contribution in [0.3, 0.4) is 0 Å². The Bertz CT molecular complexity index is 809. The summed E-state index contributed by atoms with van der Waals surface area (Å²) in [5.41, 5.74) is 3.51. The molecule has 0 aliphatic carbocycles. The van der Waals surface area contributed by atoms with E-state index in [1.54, 1.807) is 15.8 Å². The SMILES string of the molecule is CCN(Cc1ccccc1)C(=O)c1cn(-c2ccc(C)cc2)nn1. The molecular weight excluding hydrogens is 300 g/mol. The molecule has 2 aromatic carbocycles. The average Bonchev–Trinajstić information content (AvgIpc) is 3.10. The van der Waals surface area contributed by atoms with E-state index in [0.29, 0.717) is 18.8 Å². The fraction of sp³-hybridized carbons (Fsp3) is 0.211. The van der Waals surface area contributed by atoms with E-state index in [1.165, 1.54) is 5.56 Å². The van der Waals surface area contributed by atoms with Gasteiger partial charge in [0.1, 0.15) is 0 Å². The number of carbonyl (C=O) groups excluding carboxylic acids is 1. The third-order valence-corrected chi connectivity index (χ3v) is 3.90. The zero-order valence-corrected chi connectivity index (χ0v) is 13.9. The number of hydrogen-bond acceptors (Lipinski definition) is 3. The van der Waals surface area contributed by atoms with E-state index >= 15 is 0 Å². The van der Waals surface area contributed by atoms with Crippen LogP contribution in [0.25, 0.3) is 5.69 Å². The summed E-state index contributed by atoms with van der Waals surface area (Å²) in [5.74, 6) is -0.111. The maximum absolute atomic E-state index is 12.7. The third kappa shape index (κ3) is 3.51. The van der Waals surface area contributed by atoms with E-state index in [9.17, 15) is 4.79 Å². The Morgan fingerprint density at radius 2 is 1.79 bits per heavy atom. The molecule has 0 radical (unpaired) electrons. The van der Waals surface area contributed by atoms with Gasteiger partial charge < -0.3 is 4.90 Å². The Morgan fingerprint density at radius 1 is 1.08 bits per heavy atom. The molecule has 0 fully saturated rings. The number of nitrogens with zero attached hydrogens (tertiary/aromatic N) is 4. The summed E-state index contributed by atoms with van der Waals surface area (Å²) in [7, 11) is 0. The molecule has 0 atom stereocenters. The monoisotopic (exact) mass is 320 g/mol. The number of aryl methyl sites for hydroxylation is 1. The first-order chi connectivity index (χ1) is 11.7. The van der Waals surface area contributed by atoms with Crippen molar-refractivity contribution < 1.29 is 4.79 Å². The van der Waals surface area contributed by atoms with Crippen molar-refractivity contribution in [1.82, 2.24) is 19.9 Å². The van der Waals surface area contributed by atoms with Crippen molar-refractivity contribution in [3.63, 3.8) is 0 Å². The fourth-order valence-electron chi connectivity index (χ4n) is 2.48. The maximum atomic E-state index is 12.7. The van der Waals surface area contributed by atoms with E-state index < -0.39 is 0 Å². The number of amides is 1. The summed E-state index contributed by atoms with van der Waals surface area (Å²) in [5, 5.41) is 8.13. The predicted molar refractivity (Wildman–Crippen MR) is 93.0 cm³/mol. The van der Waals surface area contributed by atoms with Crippen LogP contribution in [0.1, 0.15) is 28.5 Å². The fourth-order valence-corrected chi connectivity index (χ4v) is 2.48. The maximum Gasteiger partial charge on any atom is 0.276 e. The molecule has 1 amide bonds. The highest BCUT2D eigenvalue weighted by molar-refractivity contribution is 5.92. The molecule has 1 aromatic heterocycles. The lowest BCUT2D eigenvalue weighted by Gasteiger charge is -2.19. The molecule has 3 aromatic rings. The molecule has 0 N–H and O–H groups in total. The molecule has 0 spiro atoms. The molecule has 5 heteroatoms. The van der Waals surface area contributed by atoms with Gasteiger partial charge >= 0.3 is 0 Å². The second-order valence-corrected chi connectivity index (χ2v) is 5.69.